The number of likely N-dealkylation sites (tertiary alicyclic amines) is 1. The average Bonchev–Trinajstić information content (AvgIpc) is 3.44. The standard InChI is InChI=1S/C32H34N10O2/c1-6-29(43)36-23-13-24(28(44-5)14-26(23)41(4)31-21-16-39(2)17-22(21)31)37-32-33-15-27(42-34-11-12-35-42)30(38-32)20-18-40(3)25-10-8-7-9-19(20)25/h6-15,18,21-22,31H,1,16-17H2,2-5H3,(H,36,43)(H,33,37,38)/t21-,22+,31?. The number of ether oxygens (including phenoxy) is 1. The molecule has 1 amide bonds. The normalized spacial score (nSPS) is 19.0. The third-order valence-corrected chi connectivity index (χ3v) is 8.72. The number of para-hydroxylation sites is 1. The minimum absolute atomic E-state index is 0.294. The zero-order chi connectivity index (χ0) is 30.5. The van der Waals surface area contributed by atoms with Crippen LogP contribution < -0.4 is 20.3 Å². The van der Waals surface area contributed by atoms with Gasteiger partial charge < -0.3 is 29.7 Å². The van der Waals surface area contributed by atoms with Crippen molar-refractivity contribution in [2.24, 2.45) is 18.9 Å². The van der Waals surface area contributed by atoms with Gasteiger partial charge in [-0.25, -0.2) is 9.97 Å². The molecule has 2 N–H and O–H groups in total. The summed E-state index contributed by atoms with van der Waals surface area (Å²) in [6.45, 7) is 5.79. The summed E-state index contributed by atoms with van der Waals surface area (Å²) in [5.74, 6) is 1.88. The fourth-order valence-corrected chi connectivity index (χ4v) is 6.62. The van der Waals surface area contributed by atoms with Gasteiger partial charge in [-0.15, -0.1) is 4.80 Å². The van der Waals surface area contributed by atoms with E-state index in [1.807, 2.05) is 37.5 Å². The molecule has 5 aromatic rings. The van der Waals surface area contributed by atoms with Crippen molar-refractivity contribution in [1.29, 1.82) is 0 Å². The quantitative estimate of drug-likeness (QED) is 0.245. The molecule has 0 spiro atoms. The molecule has 224 valence electrons. The molecular formula is C32H34N10O2. The molecule has 7 rings (SSSR count). The van der Waals surface area contributed by atoms with E-state index >= 15 is 0 Å². The zero-order valence-electron chi connectivity index (χ0n) is 25.1. The van der Waals surface area contributed by atoms with Crippen molar-refractivity contribution >= 4 is 39.8 Å². The summed E-state index contributed by atoms with van der Waals surface area (Å²) in [5.41, 5.74) is 5.42. The van der Waals surface area contributed by atoms with E-state index in [4.69, 9.17) is 9.72 Å². The smallest absolute Gasteiger partial charge is 0.247 e. The predicted molar refractivity (Wildman–Crippen MR) is 171 cm³/mol. The summed E-state index contributed by atoms with van der Waals surface area (Å²) in [5, 5.41) is 16.1. The monoisotopic (exact) mass is 590 g/mol. The first-order valence-corrected chi connectivity index (χ1v) is 14.5. The highest BCUT2D eigenvalue weighted by atomic mass is 16.5. The molecular weight excluding hydrogens is 556 g/mol. The van der Waals surface area contributed by atoms with Gasteiger partial charge in [-0.3, -0.25) is 4.79 Å². The van der Waals surface area contributed by atoms with Gasteiger partial charge in [0.2, 0.25) is 11.9 Å². The summed E-state index contributed by atoms with van der Waals surface area (Å²) < 4.78 is 7.92. The van der Waals surface area contributed by atoms with Crippen LogP contribution in [-0.4, -0.2) is 80.7 Å². The Hall–Kier alpha value is -5.23. The summed E-state index contributed by atoms with van der Waals surface area (Å²) in [6, 6.07) is 12.4. The van der Waals surface area contributed by atoms with Crippen LogP contribution in [0.15, 0.2) is 73.8 Å². The number of carbonyl (C=O) groups excluding carboxylic acids is 1. The second-order valence-electron chi connectivity index (χ2n) is 11.5. The number of amides is 1. The topological polar surface area (TPSA) is 118 Å². The number of benzene rings is 2. The third kappa shape index (κ3) is 4.73. The van der Waals surface area contributed by atoms with Crippen LogP contribution in [0.3, 0.4) is 0 Å². The highest BCUT2D eigenvalue weighted by Crippen LogP contribution is 2.51. The van der Waals surface area contributed by atoms with E-state index < -0.39 is 0 Å². The van der Waals surface area contributed by atoms with E-state index in [1.165, 1.54) is 10.9 Å². The molecule has 12 nitrogen and oxygen atoms in total. The Morgan fingerprint density at radius 2 is 1.86 bits per heavy atom. The van der Waals surface area contributed by atoms with Gasteiger partial charge in [0.15, 0.2) is 0 Å². The summed E-state index contributed by atoms with van der Waals surface area (Å²) in [6.07, 6.45) is 8.25. The van der Waals surface area contributed by atoms with Gasteiger partial charge in [0.05, 0.1) is 42.8 Å². The van der Waals surface area contributed by atoms with E-state index in [2.05, 4.69) is 73.0 Å². The Bertz CT molecular complexity index is 1870. The van der Waals surface area contributed by atoms with Crippen LogP contribution in [0.5, 0.6) is 5.75 Å². The maximum Gasteiger partial charge on any atom is 0.247 e. The number of methoxy groups -OCH3 is 1. The van der Waals surface area contributed by atoms with Crippen LogP contribution >= 0.6 is 0 Å². The summed E-state index contributed by atoms with van der Waals surface area (Å²) >= 11 is 0. The van der Waals surface area contributed by atoms with Crippen molar-refractivity contribution in [3.05, 3.63) is 73.8 Å². The highest BCUT2D eigenvalue weighted by molar-refractivity contribution is 6.02. The summed E-state index contributed by atoms with van der Waals surface area (Å²) in [7, 11) is 7.87. The number of hydrogen-bond donors (Lipinski definition) is 2. The fourth-order valence-electron chi connectivity index (χ4n) is 6.62. The molecule has 12 heteroatoms. The third-order valence-electron chi connectivity index (χ3n) is 8.72. The highest BCUT2D eigenvalue weighted by Gasteiger charge is 2.57. The van der Waals surface area contributed by atoms with Gasteiger partial charge in [-0.05, 0) is 37.1 Å². The Kier molecular flexibility index (Phi) is 6.77. The number of carbonyl (C=O) groups is 1. The molecule has 0 radical (unpaired) electrons. The minimum atomic E-state index is -0.294. The SMILES string of the molecule is C=CC(=O)Nc1cc(Nc2ncc(-n3nccn3)c(-c3cn(C)c4ccccc34)n2)c(OC)cc1N(C)C1[C@H]2CN(C)C[C@@H]12. The van der Waals surface area contributed by atoms with Crippen LogP contribution in [0.2, 0.25) is 0 Å². The zero-order valence-corrected chi connectivity index (χ0v) is 25.1. The van der Waals surface area contributed by atoms with Gasteiger partial charge in [0.25, 0.3) is 0 Å². The van der Waals surface area contributed by atoms with Crippen LogP contribution in [0.25, 0.3) is 27.8 Å². The number of nitrogens with one attached hydrogen (secondary N) is 2. The van der Waals surface area contributed by atoms with Gasteiger partial charge >= 0.3 is 0 Å². The first-order chi connectivity index (χ1) is 21.4. The lowest BCUT2D eigenvalue weighted by molar-refractivity contribution is -0.111. The Balaban J connectivity index is 1.29. The van der Waals surface area contributed by atoms with Gasteiger partial charge in [0, 0.05) is 62.0 Å². The number of fused-ring (bicyclic) bond motifs is 2. The number of rotatable bonds is 9. The second kappa shape index (κ2) is 10.8. The largest absolute Gasteiger partial charge is 0.494 e. The molecule has 3 aromatic heterocycles. The van der Waals surface area contributed by atoms with Crippen molar-refractivity contribution in [1.82, 2.24) is 34.4 Å². The van der Waals surface area contributed by atoms with E-state index in [9.17, 15) is 4.79 Å². The molecule has 1 saturated carbocycles. The van der Waals surface area contributed by atoms with Gasteiger partial charge in [-0.2, -0.15) is 10.2 Å². The van der Waals surface area contributed by atoms with Crippen molar-refractivity contribution in [2.75, 3.05) is 49.8 Å². The van der Waals surface area contributed by atoms with Crippen molar-refractivity contribution in [2.45, 2.75) is 6.04 Å². The molecule has 4 heterocycles. The molecule has 3 atom stereocenters. The fraction of sp³-hybridized carbons (Fsp3) is 0.281. The molecule has 1 saturated heterocycles. The number of hydrogen-bond acceptors (Lipinski definition) is 9. The Labute approximate surface area is 255 Å². The minimum Gasteiger partial charge on any atom is -0.494 e. The Morgan fingerprint density at radius 3 is 2.59 bits per heavy atom. The molecule has 44 heavy (non-hydrogen) atoms. The molecule has 2 fully saturated rings. The van der Waals surface area contributed by atoms with E-state index in [1.54, 1.807) is 25.7 Å². The first-order valence-electron chi connectivity index (χ1n) is 14.5. The van der Waals surface area contributed by atoms with Gasteiger partial charge in [0.1, 0.15) is 17.1 Å². The maximum absolute atomic E-state index is 12.5. The molecule has 1 aliphatic carbocycles. The molecule has 1 aliphatic heterocycles. The van der Waals surface area contributed by atoms with Crippen molar-refractivity contribution in [3.8, 4) is 22.7 Å². The van der Waals surface area contributed by atoms with Crippen LogP contribution in [0.4, 0.5) is 23.0 Å². The van der Waals surface area contributed by atoms with Crippen molar-refractivity contribution < 1.29 is 9.53 Å². The molecule has 0 bridgehead atoms. The van der Waals surface area contributed by atoms with E-state index in [0.717, 1.165) is 35.2 Å². The number of anilines is 4. The number of nitrogens with zero attached hydrogens (tertiary/aromatic N) is 8. The lowest BCUT2D eigenvalue weighted by Crippen LogP contribution is -2.31. The van der Waals surface area contributed by atoms with E-state index in [-0.39, 0.29) is 5.91 Å². The number of piperidine rings is 1. The van der Waals surface area contributed by atoms with Gasteiger partial charge in [-0.1, -0.05) is 24.8 Å². The van der Waals surface area contributed by atoms with Crippen molar-refractivity contribution in [3.63, 3.8) is 0 Å². The lowest BCUT2D eigenvalue weighted by Gasteiger charge is -2.27. The second-order valence-corrected chi connectivity index (χ2v) is 11.5. The summed E-state index contributed by atoms with van der Waals surface area (Å²) in [4.78, 5) is 28.3. The lowest BCUT2D eigenvalue weighted by atomic mass is 10.1. The maximum atomic E-state index is 12.5. The van der Waals surface area contributed by atoms with Crippen LogP contribution in [-0.2, 0) is 11.8 Å². The van der Waals surface area contributed by atoms with E-state index in [0.29, 0.717) is 52.3 Å². The van der Waals surface area contributed by atoms with Crippen LogP contribution in [0, 0.1) is 11.8 Å². The molecule has 2 aliphatic rings. The average molecular weight is 591 g/mol. The number of aryl methyl sites for hydroxylation is 1. The molecule has 1 unspecified atom stereocenters. The molecule has 2 aromatic carbocycles. The van der Waals surface area contributed by atoms with Crippen LogP contribution in [0.1, 0.15) is 0 Å². The first kappa shape index (κ1) is 27.6. The number of aromatic nitrogens is 6. The Morgan fingerprint density at radius 1 is 1.11 bits per heavy atom. The predicted octanol–water partition coefficient (Wildman–Crippen LogP) is 4.09.